The smallest absolute Gasteiger partial charge is 0.191 e. The fourth-order valence-corrected chi connectivity index (χ4v) is 3.35. The van der Waals surface area contributed by atoms with Gasteiger partial charge in [0.2, 0.25) is 0 Å². The number of aryl methyl sites for hydroxylation is 1. The maximum Gasteiger partial charge on any atom is 0.191 e. The van der Waals surface area contributed by atoms with Crippen molar-refractivity contribution >= 4 is 41.5 Å². The first-order valence-corrected chi connectivity index (χ1v) is 9.74. The van der Waals surface area contributed by atoms with E-state index in [-0.39, 0.29) is 24.0 Å². The third-order valence-corrected chi connectivity index (χ3v) is 4.92. The van der Waals surface area contributed by atoms with Crippen molar-refractivity contribution in [3.63, 3.8) is 0 Å². The Kier molecular flexibility index (Phi) is 9.33. The lowest BCUT2D eigenvalue weighted by Gasteiger charge is -2.12. The van der Waals surface area contributed by atoms with Gasteiger partial charge in [-0.3, -0.25) is 4.99 Å². The van der Waals surface area contributed by atoms with Gasteiger partial charge in [0.15, 0.2) is 5.96 Å². The monoisotopic (exact) mass is 502 g/mol. The zero-order chi connectivity index (χ0) is 18.2. The molecule has 27 heavy (non-hydrogen) atoms. The second-order valence-electron chi connectivity index (χ2n) is 6.55. The number of hydrogen-bond acceptors (Lipinski definition) is 3. The van der Waals surface area contributed by atoms with Crippen LogP contribution >= 0.6 is 35.6 Å². The summed E-state index contributed by atoms with van der Waals surface area (Å²) in [6.45, 7) is 2.66. The van der Waals surface area contributed by atoms with Crippen LogP contribution in [0.4, 0.5) is 0 Å². The first kappa shape index (κ1) is 21.9. The maximum atomic E-state index is 5.92. The number of guanidine groups is 1. The Balaban J connectivity index is 0.00000261. The quantitative estimate of drug-likeness (QED) is 0.362. The number of halogens is 2. The molecule has 0 spiro atoms. The van der Waals surface area contributed by atoms with E-state index in [0.717, 1.165) is 61.5 Å². The SMILES string of the molecule is CN=C(NCCc1ccc(Cl)cc1)NCCc1nnc2n1CCCCC2.I. The summed E-state index contributed by atoms with van der Waals surface area (Å²) in [6, 6.07) is 7.95. The Bertz CT molecular complexity index is 728. The van der Waals surface area contributed by atoms with Crippen LogP contribution in [-0.4, -0.2) is 40.9 Å². The van der Waals surface area contributed by atoms with Crippen LogP contribution in [-0.2, 0) is 25.8 Å². The molecule has 2 heterocycles. The van der Waals surface area contributed by atoms with Gasteiger partial charge in [-0.05, 0) is 37.0 Å². The van der Waals surface area contributed by atoms with E-state index in [1.165, 1.54) is 24.8 Å². The van der Waals surface area contributed by atoms with Crippen LogP contribution in [0.5, 0.6) is 0 Å². The van der Waals surface area contributed by atoms with Crippen LogP contribution in [0.15, 0.2) is 29.3 Å². The van der Waals surface area contributed by atoms with Gasteiger partial charge in [-0.1, -0.05) is 30.2 Å². The molecule has 1 aliphatic rings. The summed E-state index contributed by atoms with van der Waals surface area (Å²) in [7, 11) is 1.79. The number of benzene rings is 1. The zero-order valence-corrected chi connectivity index (χ0v) is 18.8. The first-order valence-electron chi connectivity index (χ1n) is 9.36. The van der Waals surface area contributed by atoms with E-state index in [1.807, 2.05) is 12.1 Å². The van der Waals surface area contributed by atoms with Crippen LogP contribution in [0, 0.1) is 0 Å². The van der Waals surface area contributed by atoms with Crippen LogP contribution < -0.4 is 10.6 Å². The predicted molar refractivity (Wildman–Crippen MR) is 121 cm³/mol. The molecule has 3 rings (SSSR count). The van der Waals surface area contributed by atoms with Crippen molar-refractivity contribution in [3.05, 3.63) is 46.5 Å². The van der Waals surface area contributed by atoms with E-state index in [0.29, 0.717) is 0 Å². The molecule has 0 radical (unpaired) electrons. The predicted octanol–water partition coefficient (Wildman–Crippen LogP) is 3.23. The van der Waals surface area contributed by atoms with Crippen LogP contribution in [0.2, 0.25) is 5.02 Å². The lowest BCUT2D eigenvalue weighted by atomic mass is 10.1. The number of nitrogens with zero attached hydrogens (tertiary/aromatic N) is 4. The molecule has 2 aromatic rings. The minimum atomic E-state index is 0. The van der Waals surface area contributed by atoms with Crippen molar-refractivity contribution in [2.45, 2.75) is 45.1 Å². The molecule has 1 aromatic heterocycles. The van der Waals surface area contributed by atoms with Gasteiger partial charge in [0.25, 0.3) is 0 Å². The summed E-state index contributed by atoms with van der Waals surface area (Å²) in [5.41, 5.74) is 1.25. The normalized spacial score (nSPS) is 14.1. The van der Waals surface area contributed by atoms with Gasteiger partial charge in [0, 0.05) is 44.5 Å². The molecule has 0 fully saturated rings. The van der Waals surface area contributed by atoms with Crippen molar-refractivity contribution in [2.24, 2.45) is 4.99 Å². The van der Waals surface area contributed by atoms with Crippen LogP contribution in [0.1, 0.15) is 36.5 Å². The Morgan fingerprint density at radius 1 is 1.07 bits per heavy atom. The minimum absolute atomic E-state index is 0. The maximum absolute atomic E-state index is 5.92. The summed E-state index contributed by atoms with van der Waals surface area (Å²) in [6.07, 6.45) is 6.56. The van der Waals surface area contributed by atoms with E-state index in [1.54, 1.807) is 7.05 Å². The summed E-state index contributed by atoms with van der Waals surface area (Å²) in [5, 5.41) is 16.2. The number of fused-ring (bicyclic) bond motifs is 1. The van der Waals surface area contributed by atoms with Crippen molar-refractivity contribution in [3.8, 4) is 0 Å². The third kappa shape index (κ3) is 6.64. The van der Waals surface area contributed by atoms with Gasteiger partial charge >= 0.3 is 0 Å². The molecule has 6 nitrogen and oxygen atoms in total. The molecule has 1 aliphatic heterocycles. The molecule has 8 heteroatoms. The zero-order valence-electron chi connectivity index (χ0n) is 15.7. The lowest BCUT2D eigenvalue weighted by molar-refractivity contribution is 0.600. The van der Waals surface area contributed by atoms with Gasteiger partial charge < -0.3 is 15.2 Å². The minimum Gasteiger partial charge on any atom is -0.356 e. The molecule has 0 amide bonds. The van der Waals surface area contributed by atoms with Crippen LogP contribution in [0.3, 0.4) is 0 Å². The summed E-state index contributed by atoms with van der Waals surface area (Å²) in [5.74, 6) is 3.03. The van der Waals surface area contributed by atoms with Crippen molar-refractivity contribution in [2.75, 3.05) is 20.1 Å². The Morgan fingerprint density at radius 2 is 1.81 bits per heavy atom. The molecule has 0 unspecified atom stereocenters. The molecular weight excluding hydrogens is 475 g/mol. The number of aliphatic imine (C=N–C) groups is 1. The second kappa shape index (κ2) is 11.5. The van der Waals surface area contributed by atoms with E-state index in [2.05, 4.69) is 42.5 Å². The molecule has 2 N–H and O–H groups in total. The number of hydrogen-bond donors (Lipinski definition) is 2. The van der Waals surface area contributed by atoms with Crippen molar-refractivity contribution in [1.82, 2.24) is 25.4 Å². The molecular formula is C19H28ClIN6. The van der Waals surface area contributed by atoms with E-state index in [4.69, 9.17) is 11.6 Å². The summed E-state index contributed by atoms with van der Waals surface area (Å²) in [4.78, 5) is 4.29. The number of aromatic nitrogens is 3. The molecule has 0 bridgehead atoms. The topological polar surface area (TPSA) is 67.1 Å². The van der Waals surface area contributed by atoms with E-state index < -0.39 is 0 Å². The van der Waals surface area contributed by atoms with Gasteiger partial charge in [-0.15, -0.1) is 34.2 Å². The average Bonchev–Trinajstić information content (AvgIpc) is 2.88. The lowest BCUT2D eigenvalue weighted by Crippen LogP contribution is -2.39. The Labute approximate surface area is 183 Å². The van der Waals surface area contributed by atoms with Gasteiger partial charge in [-0.2, -0.15) is 0 Å². The van der Waals surface area contributed by atoms with Crippen molar-refractivity contribution < 1.29 is 0 Å². The Morgan fingerprint density at radius 3 is 2.56 bits per heavy atom. The second-order valence-corrected chi connectivity index (χ2v) is 6.98. The number of nitrogens with one attached hydrogen (secondary N) is 2. The molecule has 0 saturated heterocycles. The molecule has 1 aromatic carbocycles. The average molecular weight is 503 g/mol. The molecule has 0 aliphatic carbocycles. The summed E-state index contributed by atoms with van der Waals surface area (Å²) >= 11 is 5.92. The molecule has 148 valence electrons. The van der Waals surface area contributed by atoms with Gasteiger partial charge in [-0.25, -0.2) is 0 Å². The van der Waals surface area contributed by atoms with Gasteiger partial charge in [0.1, 0.15) is 11.6 Å². The van der Waals surface area contributed by atoms with E-state index >= 15 is 0 Å². The highest BCUT2D eigenvalue weighted by Gasteiger charge is 2.14. The fraction of sp³-hybridized carbons (Fsp3) is 0.526. The highest BCUT2D eigenvalue weighted by Crippen LogP contribution is 2.14. The molecule has 0 atom stereocenters. The van der Waals surface area contributed by atoms with Crippen LogP contribution in [0.25, 0.3) is 0 Å². The van der Waals surface area contributed by atoms with E-state index in [9.17, 15) is 0 Å². The number of rotatable bonds is 6. The first-order chi connectivity index (χ1) is 12.8. The standard InChI is InChI=1S/C19H27ClN6.HI/c1-21-19(22-12-10-15-6-8-16(20)9-7-15)23-13-11-18-25-24-17-5-3-2-4-14-26(17)18;/h6-9H,2-5,10-14H2,1H3,(H2,21,22,23);1H. The fourth-order valence-electron chi connectivity index (χ4n) is 3.22. The third-order valence-electron chi connectivity index (χ3n) is 4.67. The Hall–Kier alpha value is -1.35. The summed E-state index contributed by atoms with van der Waals surface area (Å²) < 4.78 is 2.30. The van der Waals surface area contributed by atoms with Crippen molar-refractivity contribution in [1.29, 1.82) is 0 Å². The van der Waals surface area contributed by atoms with Gasteiger partial charge in [0.05, 0.1) is 0 Å². The largest absolute Gasteiger partial charge is 0.356 e. The highest BCUT2D eigenvalue weighted by atomic mass is 127. The highest BCUT2D eigenvalue weighted by molar-refractivity contribution is 14.0. The molecule has 0 saturated carbocycles.